The van der Waals surface area contributed by atoms with Crippen molar-refractivity contribution in [1.82, 2.24) is 0 Å². The fourth-order valence-electron chi connectivity index (χ4n) is 2.09. The number of nitro benzene ring substituents is 1. The summed E-state index contributed by atoms with van der Waals surface area (Å²) in [7, 11) is 0. The zero-order valence-electron chi connectivity index (χ0n) is 14.4. The Labute approximate surface area is 144 Å². The van der Waals surface area contributed by atoms with E-state index >= 15 is 0 Å². The van der Waals surface area contributed by atoms with E-state index < -0.39 is 40.4 Å². The molecule has 1 rings (SSSR count). The molecule has 0 saturated heterocycles. The van der Waals surface area contributed by atoms with E-state index in [4.69, 9.17) is 14.2 Å². The molecule has 138 valence electrons. The average molecular weight is 357 g/mol. The molecule has 0 spiro atoms. The lowest BCUT2D eigenvalue weighted by Gasteiger charge is -2.17. The van der Waals surface area contributed by atoms with Crippen molar-refractivity contribution in [2.75, 3.05) is 13.2 Å². The van der Waals surface area contributed by atoms with Crippen LogP contribution >= 0.6 is 0 Å². The van der Waals surface area contributed by atoms with Gasteiger partial charge in [-0.25, -0.2) is 4.39 Å². The zero-order valence-corrected chi connectivity index (χ0v) is 14.4. The van der Waals surface area contributed by atoms with Crippen molar-refractivity contribution in [2.45, 2.75) is 39.7 Å². The van der Waals surface area contributed by atoms with E-state index in [1.54, 1.807) is 13.8 Å². The quantitative estimate of drug-likeness (QED) is 0.305. The maximum absolute atomic E-state index is 14.1. The Bertz CT molecular complexity index is 642. The number of carbonyl (C=O) groups is 2. The van der Waals surface area contributed by atoms with Gasteiger partial charge in [-0.2, -0.15) is 0 Å². The Kier molecular flexibility index (Phi) is 7.28. The topological polar surface area (TPSA) is 105 Å². The summed E-state index contributed by atoms with van der Waals surface area (Å²) in [4.78, 5) is 34.7. The molecule has 0 aliphatic heterocycles. The molecule has 0 aliphatic carbocycles. The van der Waals surface area contributed by atoms with E-state index in [0.29, 0.717) is 6.07 Å². The SMILES string of the molecule is CCOC(=O)C(C(=O)OCC)c1cc(OC(C)C)c(F)cc1[N+](=O)[O-]. The molecule has 0 amide bonds. The third-order valence-electron chi connectivity index (χ3n) is 3.00. The zero-order chi connectivity index (χ0) is 19.1. The third-order valence-corrected chi connectivity index (χ3v) is 3.00. The van der Waals surface area contributed by atoms with Crippen molar-refractivity contribution in [3.05, 3.63) is 33.6 Å². The molecule has 0 unspecified atom stereocenters. The maximum Gasteiger partial charge on any atom is 0.325 e. The Morgan fingerprint density at radius 3 is 2.08 bits per heavy atom. The minimum Gasteiger partial charge on any atom is -0.488 e. The molecule has 0 fully saturated rings. The third kappa shape index (κ3) is 5.13. The monoisotopic (exact) mass is 357 g/mol. The first kappa shape index (κ1) is 20.3. The highest BCUT2D eigenvalue weighted by molar-refractivity contribution is 6.01. The fourth-order valence-corrected chi connectivity index (χ4v) is 2.09. The van der Waals surface area contributed by atoms with E-state index in [2.05, 4.69) is 0 Å². The standard InChI is InChI=1S/C16H20FNO7/c1-5-23-15(19)14(16(20)24-6-2)10-7-13(25-9(3)4)11(17)8-12(10)18(21)22/h7-9,14H,5-6H2,1-4H3. The second-order valence-corrected chi connectivity index (χ2v) is 5.20. The Hall–Kier alpha value is -2.71. The van der Waals surface area contributed by atoms with Crippen molar-refractivity contribution >= 4 is 17.6 Å². The van der Waals surface area contributed by atoms with E-state index in [0.717, 1.165) is 6.07 Å². The fraction of sp³-hybridized carbons (Fsp3) is 0.500. The number of halogens is 1. The molecule has 25 heavy (non-hydrogen) atoms. The van der Waals surface area contributed by atoms with Gasteiger partial charge in [0.25, 0.3) is 5.69 Å². The van der Waals surface area contributed by atoms with Crippen LogP contribution in [0.4, 0.5) is 10.1 Å². The van der Waals surface area contributed by atoms with Crippen molar-refractivity contribution < 1.29 is 33.1 Å². The summed E-state index contributed by atoms with van der Waals surface area (Å²) in [5.74, 6) is -5.04. The highest BCUT2D eigenvalue weighted by atomic mass is 19.1. The van der Waals surface area contributed by atoms with Gasteiger partial charge in [-0.05, 0) is 33.8 Å². The second kappa shape index (κ2) is 8.95. The summed E-state index contributed by atoms with van der Waals surface area (Å²) in [6.45, 7) is 6.22. The maximum atomic E-state index is 14.1. The first-order valence-corrected chi connectivity index (χ1v) is 7.70. The van der Waals surface area contributed by atoms with Crippen LogP contribution in [-0.2, 0) is 19.1 Å². The highest BCUT2D eigenvalue weighted by Gasteiger charge is 2.38. The van der Waals surface area contributed by atoms with Gasteiger partial charge in [0.2, 0.25) is 0 Å². The largest absolute Gasteiger partial charge is 0.488 e. The lowest BCUT2D eigenvalue weighted by molar-refractivity contribution is -0.385. The molecule has 1 aromatic rings. The number of benzene rings is 1. The Morgan fingerprint density at radius 2 is 1.68 bits per heavy atom. The predicted molar refractivity (Wildman–Crippen MR) is 84.8 cm³/mol. The van der Waals surface area contributed by atoms with E-state index in [1.807, 2.05) is 0 Å². The average Bonchev–Trinajstić information content (AvgIpc) is 2.50. The number of hydrogen-bond donors (Lipinski definition) is 0. The van der Waals surface area contributed by atoms with Gasteiger partial charge in [0.05, 0.1) is 35.9 Å². The Morgan fingerprint density at radius 1 is 1.16 bits per heavy atom. The molecular formula is C16H20FNO7. The van der Waals surface area contributed by atoms with Crippen LogP contribution in [0.3, 0.4) is 0 Å². The molecule has 9 heteroatoms. The smallest absolute Gasteiger partial charge is 0.325 e. The van der Waals surface area contributed by atoms with Gasteiger partial charge in [-0.15, -0.1) is 0 Å². The molecular weight excluding hydrogens is 337 g/mol. The van der Waals surface area contributed by atoms with Crippen molar-refractivity contribution in [3.8, 4) is 5.75 Å². The number of esters is 2. The number of ether oxygens (including phenoxy) is 3. The van der Waals surface area contributed by atoms with Crippen LogP contribution in [0.5, 0.6) is 5.75 Å². The molecule has 0 bridgehead atoms. The molecule has 0 aromatic heterocycles. The first-order valence-electron chi connectivity index (χ1n) is 7.70. The van der Waals surface area contributed by atoms with Gasteiger partial charge < -0.3 is 14.2 Å². The van der Waals surface area contributed by atoms with Crippen molar-refractivity contribution in [3.63, 3.8) is 0 Å². The molecule has 1 aromatic carbocycles. The number of hydrogen-bond acceptors (Lipinski definition) is 7. The van der Waals surface area contributed by atoms with Crippen LogP contribution in [0.2, 0.25) is 0 Å². The van der Waals surface area contributed by atoms with Crippen LogP contribution in [0.25, 0.3) is 0 Å². The number of nitrogens with zero attached hydrogens (tertiary/aromatic N) is 1. The number of carbonyl (C=O) groups excluding carboxylic acids is 2. The molecule has 0 N–H and O–H groups in total. The van der Waals surface area contributed by atoms with Gasteiger partial charge in [0.1, 0.15) is 0 Å². The second-order valence-electron chi connectivity index (χ2n) is 5.20. The van der Waals surface area contributed by atoms with Crippen LogP contribution in [0.1, 0.15) is 39.2 Å². The summed E-state index contributed by atoms with van der Waals surface area (Å²) >= 11 is 0. The van der Waals surface area contributed by atoms with Crippen LogP contribution in [0.15, 0.2) is 12.1 Å². The van der Waals surface area contributed by atoms with Crippen molar-refractivity contribution in [1.29, 1.82) is 0 Å². The molecule has 0 saturated carbocycles. The number of nitro groups is 1. The molecule has 0 radical (unpaired) electrons. The Balaban J connectivity index is 3.55. The summed E-state index contributed by atoms with van der Waals surface area (Å²) in [5, 5.41) is 11.3. The lowest BCUT2D eigenvalue weighted by Crippen LogP contribution is -2.27. The summed E-state index contributed by atoms with van der Waals surface area (Å²) in [5.41, 5.74) is -1.08. The summed E-state index contributed by atoms with van der Waals surface area (Å²) in [6.07, 6.45) is -0.424. The summed E-state index contributed by atoms with van der Waals surface area (Å²) < 4.78 is 28.9. The van der Waals surface area contributed by atoms with Crippen molar-refractivity contribution in [2.24, 2.45) is 0 Å². The molecule has 0 aliphatic rings. The van der Waals surface area contributed by atoms with Gasteiger partial charge in [0.15, 0.2) is 17.5 Å². The number of rotatable bonds is 8. The summed E-state index contributed by atoms with van der Waals surface area (Å²) in [6, 6.07) is 1.57. The first-order chi connectivity index (χ1) is 11.7. The van der Waals surface area contributed by atoms with Gasteiger partial charge in [-0.1, -0.05) is 0 Å². The minimum absolute atomic E-state index is 0.0426. The van der Waals surface area contributed by atoms with Gasteiger partial charge in [0, 0.05) is 0 Å². The van der Waals surface area contributed by atoms with Crippen LogP contribution < -0.4 is 4.74 Å². The van der Waals surface area contributed by atoms with Gasteiger partial charge in [-0.3, -0.25) is 19.7 Å². The molecule has 0 heterocycles. The van der Waals surface area contributed by atoms with Gasteiger partial charge >= 0.3 is 11.9 Å². The molecule has 8 nitrogen and oxygen atoms in total. The van der Waals surface area contributed by atoms with E-state index in [1.165, 1.54) is 13.8 Å². The molecule has 0 atom stereocenters. The minimum atomic E-state index is -1.71. The highest BCUT2D eigenvalue weighted by Crippen LogP contribution is 2.34. The predicted octanol–water partition coefficient (Wildman–Crippen LogP) is 2.73. The van der Waals surface area contributed by atoms with E-state index in [9.17, 15) is 24.1 Å². The van der Waals surface area contributed by atoms with Crippen LogP contribution in [0, 0.1) is 15.9 Å². The van der Waals surface area contributed by atoms with Crippen LogP contribution in [-0.4, -0.2) is 36.2 Å². The normalized spacial score (nSPS) is 10.7. The van der Waals surface area contributed by atoms with E-state index in [-0.39, 0.29) is 24.5 Å². The lowest BCUT2D eigenvalue weighted by atomic mass is 9.96.